The molecule has 1 aliphatic heterocycles. The Hall–Kier alpha value is -1.03. The number of alkyl halides is 3. The first-order valence-electron chi connectivity index (χ1n) is 5.82. The predicted molar refractivity (Wildman–Crippen MR) is 58.8 cm³/mol. The van der Waals surface area contributed by atoms with Crippen LogP contribution in [0.5, 0.6) is 0 Å². The third-order valence-electron chi connectivity index (χ3n) is 4.17. The van der Waals surface area contributed by atoms with Gasteiger partial charge in [-0.15, -0.1) is 0 Å². The van der Waals surface area contributed by atoms with Gasteiger partial charge in [-0.1, -0.05) is 12.1 Å². The van der Waals surface area contributed by atoms with Crippen LogP contribution in [0.4, 0.5) is 13.2 Å². The first kappa shape index (κ1) is 11.1. The van der Waals surface area contributed by atoms with Crippen molar-refractivity contribution in [3.05, 3.63) is 34.9 Å². The largest absolute Gasteiger partial charge is 0.416 e. The van der Waals surface area contributed by atoms with Gasteiger partial charge in [0, 0.05) is 12.0 Å². The molecular formula is C13H14F3N. The molecule has 1 aromatic rings. The molecule has 0 aromatic heterocycles. The Morgan fingerprint density at radius 2 is 2.12 bits per heavy atom. The minimum atomic E-state index is -4.24. The molecule has 0 spiro atoms. The lowest BCUT2D eigenvalue weighted by Gasteiger charge is -2.16. The number of benzene rings is 1. The lowest BCUT2D eigenvalue weighted by molar-refractivity contribution is -0.138. The highest BCUT2D eigenvalue weighted by Gasteiger charge is 2.58. The lowest BCUT2D eigenvalue weighted by Crippen LogP contribution is -2.19. The SMILES string of the molecule is Cc1cc(C23CNCC2C3)ccc1C(F)(F)F. The molecule has 4 heteroatoms. The highest BCUT2D eigenvalue weighted by molar-refractivity contribution is 5.42. The van der Waals surface area contributed by atoms with Gasteiger partial charge in [0.05, 0.1) is 5.56 Å². The van der Waals surface area contributed by atoms with Gasteiger partial charge >= 0.3 is 6.18 Å². The van der Waals surface area contributed by atoms with E-state index < -0.39 is 11.7 Å². The highest BCUT2D eigenvalue weighted by atomic mass is 19.4. The van der Waals surface area contributed by atoms with E-state index in [0.29, 0.717) is 11.5 Å². The summed E-state index contributed by atoms with van der Waals surface area (Å²) in [5, 5.41) is 3.30. The van der Waals surface area contributed by atoms with Crippen LogP contribution >= 0.6 is 0 Å². The van der Waals surface area contributed by atoms with E-state index in [1.165, 1.54) is 6.07 Å². The van der Waals surface area contributed by atoms with Crippen LogP contribution in [0.3, 0.4) is 0 Å². The molecule has 1 nitrogen and oxygen atoms in total. The Bertz CT molecular complexity index is 466. The molecule has 1 N–H and O–H groups in total. The molecule has 0 radical (unpaired) electrons. The van der Waals surface area contributed by atoms with E-state index in [4.69, 9.17) is 0 Å². The summed E-state index contributed by atoms with van der Waals surface area (Å²) in [5.74, 6) is 0.624. The number of piperidine rings is 1. The zero-order valence-corrected chi connectivity index (χ0v) is 9.56. The molecule has 0 amide bonds. The van der Waals surface area contributed by atoms with E-state index >= 15 is 0 Å². The van der Waals surface area contributed by atoms with Gasteiger partial charge in [0.1, 0.15) is 0 Å². The van der Waals surface area contributed by atoms with E-state index in [2.05, 4.69) is 5.32 Å². The van der Waals surface area contributed by atoms with Crippen LogP contribution in [0.25, 0.3) is 0 Å². The number of halogens is 3. The maximum atomic E-state index is 12.7. The fourth-order valence-corrected chi connectivity index (χ4v) is 3.08. The van der Waals surface area contributed by atoms with Crippen LogP contribution in [0.2, 0.25) is 0 Å². The number of hydrogen-bond donors (Lipinski definition) is 1. The van der Waals surface area contributed by atoms with E-state index in [9.17, 15) is 13.2 Å². The molecule has 1 heterocycles. The van der Waals surface area contributed by atoms with Crippen molar-refractivity contribution in [3.63, 3.8) is 0 Å². The van der Waals surface area contributed by atoms with Crippen molar-refractivity contribution in [2.45, 2.75) is 24.9 Å². The molecule has 2 fully saturated rings. The Labute approximate surface area is 98.0 Å². The molecule has 2 aliphatic rings. The maximum absolute atomic E-state index is 12.7. The van der Waals surface area contributed by atoms with E-state index in [1.807, 2.05) is 0 Å². The van der Waals surface area contributed by atoms with E-state index in [0.717, 1.165) is 25.1 Å². The van der Waals surface area contributed by atoms with E-state index in [-0.39, 0.29) is 5.41 Å². The van der Waals surface area contributed by atoms with Crippen molar-refractivity contribution in [2.75, 3.05) is 13.1 Å². The lowest BCUT2D eigenvalue weighted by atomic mass is 9.92. The summed E-state index contributed by atoms with van der Waals surface area (Å²) in [7, 11) is 0. The summed E-state index contributed by atoms with van der Waals surface area (Å²) >= 11 is 0. The van der Waals surface area contributed by atoms with E-state index in [1.54, 1.807) is 19.1 Å². The summed E-state index contributed by atoms with van der Waals surface area (Å²) in [6.07, 6.45) is -3.12. The Kier molecular flexibility index (Phi) is 2.12. The van der Waals surface area contributed by atoms with Crippen LogP contribution in [0, 0.1) is 12.8 Å². The summed E-state index contributed by atoms with van der Waals surface area (Å²) in [6.45, 7) is 3.45. The molecular weight excluding hydrogens is 227 g/mol. The second-order valence-corrected chi connectivity index (χ2v) is 5.22. The number of hydrogen-bond acceptors (Lipinski definition) is 1. The fraction of sp³-hybridized carbons (Fsp3) is 0.538. The molecule has 1 saturated heterocycles. The maximum Gasteiger partial charge on any atom is 0.416 e. The normalized spacial score (nSPS) is 31.4. The third kappa shape index (κ3) is 1.58. The first-order chi connectivity index (χ1) is 7.93. The van der Waals surface area contributed by atoms with Crippen LogP contribution in [0.1, 0.15) is 23.1 Å². The topological polar surface area (TPSA) is 12.0 Å². The number of aryl methyl sites for hydroxylation is 1. The van der Waals surface area contributed by atoms with Crippen molar-refractivity contribution in [2.24, 2.45) is 5.92 Å². The monoisotopic (exact) mass is 241 g/mol. The van der Waals surface area contributed by atoms with Crippen LogP contribution in [-0.2, 0) is 11.6 Å². The molecule has 0 bridgehead atoms. The molecule has 1 aliphatic carbocycles. The number of fused-ring (bicyclic) bond motifs is 1. The molecule has 92 valence electrons. The molecule has 2 unspecified atom stereocenters. The van der Waals surface area contributed by atoms with Gasteiger partial charge in [-0.3, -0.25) is 0 Å². The minimum absolute atomic E-state index is 0.134. The third-order valence-corrected chi connectivity index (χ3v) is 4.17. The second kappa shape index (κ2) is 3.25. The van der Waals surface area contributed by atoms with Crippen molar-refractivity contribution in [3.8, 4) is 0 Å². The second-order valence-electron chi connectivity index (χ2n) is 5.22. The quantitative estimate of drug-likeness (QED) is 0.797. The smallest absolute Gasteiger partial charge is 0.316 e. The molecule has 17 heavy (non-hydrogen) atoms. The predicted octanol–water partition coefficient (Wildman–Crippen LogP) is 2.87. The zero-order valence-electron chi connectivity index (χ0n) is 9.56. The van der Waals surface area contributed by atoms with Crippen molar-refractivity contribution >= 4 is 0 Å². The van der Waals surface area contributed by atoms with Crippen molar-refractivity contribution < 1.29 is 13.2 Å². The molecule has 3 rings (SSSR count). The Morgan fingerprint density at radius 1 is 1.35 bits per heavy atom. The standard InChI is InChI=1S/C13H14F3N/c1-8-4-9(2-3-11(8)13(14,15)16)12-5-10(12)6-17-7-12/h2-4,10,17H,5-7H2,1H3. The fourth-order valence-electron chi connectivity index (χ4n) is 3.08. The van der Waals surface area contributed by atoms with Crippen molar-refractivity contribution in [1.82, 2.24) is 5.32 Å². The van der Waals surface area contributed by atoms with Gasteiger partial charge < -0.3 is 5.32 Å². The highest BCUT2D eigenvalue weighted by Crippen LogP contribution is 2.56. The van der Waals surface area contributed by atoms with Crippen LogP contribution in [0.15, 0.2) is 18.2 Å². The van der Waals surface area contributed by atoms with Gasteiger partial charge in [-0.2, -0.15) is 13.2 Å². The van der Waals surface area contributed by atoms with Gasteiger partial charge in [-0.25, -0.2) is 0 Å². The molecule has 1 saturated carbocycles. The van der Waals surface area contributed by atoms with Gasteiger partial charge in [0.15, 0.2) is 0 Å². The minimum Gasteiger partial charge on any atom is -0.316 e. The van der Waals surface area contributed by atoms with Gasteiger partial charge in [0.2, 0.25) is 0 Å². The van der Waals surface area contributed by atoms with Crippen LogP contribution < -0.4 is 5.32 Å². The van der Waals surface area contributed by atoms with Gasteiger partial charge in [0.25, 0.3) is 0 Å². The number of nitrogens with one attached hydrogen (secondary N) is 1. The zero-order chi connectivity index (χ0) is 12.3. The molecule has 2 atom stereocenters. The summed E-state index contributed by atoms with van der Waals surface area (Å²) in [5.41, 5.74) is 1.02. The van der Waals surface area contributed by atoms with Gasteiger partial charge in [-0.05, 0) is 43.0 Å². The first-order valence-corrected chi connectivity index (χ1v) is 5.82. The molecule has 1 aromatic carbocycles. The summed E-state index contributed by atoms with van der Waals surface area (Å²) in [4.78, 5) is 0. The Morgan fingerprint density at radius 3 is 2.59 bits per heavy atom. The average molecular weight is 241 g/mol. The Balaban J connectivity index is 1.97. The average Bonchev–Trinajstić information content (AvgIpc) is 2.80. The van der Waals surface area contributed by atoms with Crippen LogP contribution in [-0.4, -0.2) is 13.1 Å². The number of rotatable bonds is 1. The summed E-state index contributed by atoms with van der Waals surface area (Å²) in [6, 6.07) is 4.60. The van der Waals surface area contributed by atoms with Crippen molar-refractivity contribution in [1.29, 1.82) is 0 Å². The summed E-state index contributed by atoms with van der Waals surface area (Å²) < 4.78 is 38.0.